The van der Waals surface area contributed by atoms with Crippen molar-refractivity contribution in [2.24, 2.45) is 11.7 Å². The van der Waals surface area contributed by atoms with Gasteiger partial charge in [0.05, 0.1) is 0 Å². The van der Waals surface area contributed by atoms with Gasteiger partial charge in [-0.15, -0.1) is 0 Å². The molecule has 1 aliphatic rings. The van der Waals surface area contributed by atoms with Crippen LogP contribution in [0.1, 0.15) is 33.1 Å². The van der Waals surface area contributed by atoms with Crippen molar-refractivity contribution in [3.63, 3.8) is 0 Å². The van der Waals surface area contributed by atoms with Crippen molar-refractivity contribution >= 4 is 5.78 Å². The van der Waals surface area contributed by atoms with Gasteiger partial charge in [0.15, 0.2) is 0 Å². The smallest absolute Gasteiger partial charge is 0.137 e. The molecule has 10 heavy (non-hydrogen) atoms. The summed E-state index contributed by atoms with van der Waals surface area (Å²) in [5, 5.41) is 0. The number of Topliss-reactive ketones (excluding diaryl/α,β-unsaturated/α-hetero) is 1. The van der Waals surface area contributed by atoms with E-state index in [2.05, 4.69) is 0 Å². The summed E-state index contributed by atoms with van der Waals surface area (Å²) in [4.78, 5) is 11.1. The van der Waals surface area contributed by atoms with Gasteiger partial charge in [0.1, 0.15) is 5.78 Å². The fourth-order valence-electron chi connectivity index (χ4n) is 1.60. The minimum Gasteiger partial charge on any atom is -0.325 e. The molecule has 1 fully saturated rings. The zero-order valence-electron chi connectivity index (χ0n) is 6.68. The molecule has 1 unspecified atom stereocenters. The normalized spacial score (nSPS) is 27.5. The summed E-state index contributed by atoms with van der Waals surface area (Å²) in [5.41, 5.74) is 5.51. The van der Waals surface area contributed by atoms with Crippen LogP contribution in [0.5, 0.6) is 0 Å². The second-order valence-corrected chi connectivity index (χ2v) is 3.73. The van der Waals surface area contributed by atoms with Crippen molar-refractivity contribution in [3.05, 3.63) is 0 Å². The Morgan fingerprint density at radius 3 is 2.40 bits per heavy atom. The molecule has 1 aliphatic carbocycles. The van der Waals surface area contributed by atoms with Crippen LogP contribution < -0.4 is 5.73 Å². The summed E-state index contributed by atoms with van der Waals surface area (Å²) in [6, 6.07) is 0. The number of hydrogen-bond acceptors (Lipinski definition) is 2. The minimum absolute atomic E-state index is 0.118. The molecule has 1 saturated carbocycles. The molecule has 0 amide bonds. The maximum atomic E-state index is 11.1. The van der Waals surface area contributed by atoms with Crippen molar-refractivity contribution in [3.8, 4) is 0 Å². The van der Waals surface area contributed by atoms with Gasteiger partial charge < -0.3 is 5.73 Å². The number of carbonyl (C=O) groups excluding carboxylic acids is 1. The molecule has 2 heteroatoms. The van der Waals surface area contributed by atoms with Crippen LogP contribution in [0.15, 0.2) is 0 Å². The first-order valence-corrected chi connectivity index (χ1v) is 3.83. The standard InChI is InChI=1S/C8H15NO/c1-8(2,9)6-4-3-5-7(6)10/h6H,3-5,9H2,1-2H3. The molecule has 2 nitrogen and oxygen atoms in total. The molecular formula is C8H15NO. The largest absolute Gasteiger partial charge is 0.325 e. The summed E-state index contributed by atoms with van der Waals surface area (Å²) in [5.74, 6) is 0.472. The molecule has 0 bridgehead atoms. The first-order valence-electron chi connectivity index (χ1n) is 3.83. The highest BCUT2D eigenvalue weighted by Gasteiger charge is 2.34. The Bertz CT molecular complexity index is 146. The Hall–Kier alpha value is -0.370. The number of carbonyl (C=O) groups is 1. The Morgan fingerprint density at radius 2 is 2.20 bits per heavy atom. The van der Waals surface area contributed by atoms with Gasteiger partial charge in [0, 0.05) is 17.9 Å². The third-order valence-corrected chi connectivity index (χ3v) is 2.20. The van der Waals surface area contributed by atoms with Crippen molar-refractivity contribution in [2.75, 3.05) is 0 Å². The van der Waals surface area contributed by atoms with E-state index in [0.717, 1.165) is 19.3 Å². The first kappa shape index (κ1) is 7.73. The lowest BCUT2D eigenvalue weighted by Crippen LogP contribution is -2.42. The molecule has 0 aliphatic heterocycles. The lowest BCUT2D eigenvalue weighted by Gasteiger charge is -2.24. The van der Waals surface area contributed by atoms with E-state index in [-0.39, 0.29) is 11.5 Å². The summed E-state index contributed by atoms with van der Waals surface area (Å²) in [6.07, 6.45) is 2.76. The number of ketones is 1. The molecular weight excluding hydrogens is 126 g/mol. The Labute approximate surface area is 61.8 Å². The number of rotatable bonds is 1. The molecule has 0 heterocycles. The fourth-order valence-corrected chi connectivity index (χ4v) is 1.60. The van der Waals surface area contributed by atoms with Crippen molar-refractivity contribution in [2.45, 2.75) is 38.6 Å². The van der Waals surface area contributed by atoms with Crippen molar-refractivity contribution in [1.29, 1.82) is 0 Å². The molecule has 0 aromatic carbocycles. The molecule has 58 valence electrons. The van der Waals surface area contributed by atoms with Crippen LogP contribution in [0.25, 0.3) is 0 Å². The summed E-state index contributed by atoms with van der Waals surface area (Å²) >= 11 is 0. The van der Waals surface area contributed by atoms with Gasteiger partial charge in [0.25, 0.3) is 0 Å². The highest BCUT2D eigenvalue weighted by Crippen LogP contribution is 2.28. The van der Waals surface area contributed by atoms with Crippen LogP contribution in [0.3, 0.4) is 0 Å². The minimum atomic E-state index is -0.298. The lowest BCUT2D eigenvalue weighted by molar-refractivity contribution is -0.122. The third-order valence-electron chi connectivity index (χ3n) is 2.20. The van der Waals surface area contributed by atoms with E-state index in [4.69, 9.17) is 5.73 Å². The van der Waals surface area contributed by atoms with Crippen LogP contribution >= 0.6 is 0 Å². The highest BCUT2D eigenvalue weighted by atomic mass is 16.1. The SMILES string of the molecule is CC(C)(N)C1CCCC1=O. The molecule has 0 saturated heterocycles. The molecule has 0 aromatic rings. The Kier molecular flexibility index (Phi) is 1.82. The van der Waals surface area contributed by atoms with E-state index < -0.39 is 0 Å². The van der Waals surface area contributed by atoms with Gasteiger partial charge in [-0.3, -0.25) is 4.79 Å². The van der Waals surface area contributed by atoms with Crippen LogP contribution in [-0.2, 0) is 4.79 Å². The maximum Gasteiger partial charge on any atom is 0.137 e. The van der Waals surface area contributed by atoms with E-state index in [0.29, 0.717) is 5.78 Å². The van der Waals surface area contributed by atoms with Crippen LogP contribution in [0.4, 0.5) is 0 Å². The van der Waals surface area contributed by atoms with Crippen molar-refractivity contribution in [1.82, 2.24) is 0 Å². The van der Waals surface area contributed by atoms with Crippen LogP contribution in [0.2, 0.25) is 0 Å². The molecule has 0 spiro atoms. The topological polar surface area (TPSA) is 43.1 Å². The molecule has 2 N–H and O–H groups in total. The molecule has 0 radical (unpaired) electrons. The average molecular weight is 141 g/mol. The zero-order valence-corrected chi connectivity index (χ0v) is 6.68. The van der Waals surface area contributed by atoms with Gasteiger partial charge in [0.2, 0.25) is 0 Å². The van der Waals surface area contributed by atoms with E-state index in [1.807, 2.05) is 13.8 Å². The number of hydrogen-bond donors (Lipinski definition) is 1. The van der Waals surface area contributed by atoms with Crippen molar-refractivity contribution < 1.29 is 4.79 Å². The van der Waals surface area contributed by atoms with E-state index in [1.165, 1.54) is 0 Å². The maximum absolute atomic E-state index is 11.1. The Morgan fingerprint density at radius 1 is 1.60 bits per heavy atom. The summed E-state index contributed by atoms with van der Waals surface area (Å²) < 4.78 is 0. The quantitative estimate of drug-likeness (QED) is 0.594. The number of nitrogens with two attached hydrogens (primary N) is 1. The highest BCUT2D eigenvalue weighted by molar-refractivity contribution is 5.84. The molecule has 0 aromatic heterocycles. The summed E-state index contributed by atoms with van der Waals surface area (Å²) in [6.45, 7) is 3.86. The fraction of sp³-hybridized carbons (Fsp3) is 0.875. The molecule has 1 atom stereocenters. The second kappa shape index (κ2) is 2.35. The predicted octanol–water partition coefficient (Wildman–Crippen LogP) is 1.09. The van der Waals surface area contributed by atoms with Gasteiger partial charge in [-0.1, -0.05) is 0 Å². The molecule has 1 rings (SSSR count). The van der Waals surface area contributed by atoms with E-state index in [9.17, 15) is 4.79 Å². The third kappa shape index (κ3) is 1.37. The monoisotopic (exact) mass is 141 g/mol. The van der Waals surface area contributed by atoms with Gasteiger partial charge >= 0.3 is 0 Å². The van der Waals surface area contributed by atoms with Gasteiger partial charge in [-0.25, -0.2) is 0 Å². The Balaban J connectivity index is 2.64. The van der Waals surface area contributed by atoms with E-state index in [1.54, 1.807) is 0 Å². The lowest BCUT2D eigenvalue weighted by atomic mass is 9.87. The average Bonchev–Trinajstić information content (AvgIpc) is 2.11. The van der Waals surface area contributed by atoms with Crippen LogP contribution in [-0.4, -0.2) is 11.3 Å². The first-order chi connectivity index (χ1) is 4.52. The zero-order chi connectivity index (χ0) is 7.78. The van der Waals surface area contributed by atoms with Crippen LogP contribution in [0, 0.1) is 5.92 Å². The van der Waals surface area contributed by atoms with E-state index >= 15 is 0 Å². The summed E-state index contributed by atoms with van der Waals surface area (Å²) in [7, 11) is 0. The predicted molar refractivity (Wildman–Crippen MR) is 40.6 cm³/mol. The second-order valence-electron chi connectivity index (χ2n) is 3.73. The van der Waals surface area contributed by atoms with Gasteiger partial charge in [-0.2, -0.15) is 0 Å². The van der Waals surface area contributed by atoms with Gasteiger partial charge in [-0.05, 0) is 26.7 Å².